The predicted octanol–water partition coefficient (Wildman–Crippen LogP) is 4.67. The molecule has 0 aromatic carbocycles. The standard InChI is InChI=1S/C17H38O3Si/c1-2-3-4-5-6-7-8-9-10-11-12-13-14-15-16-18-20-19-17-21/h2-17H2,1,21H3. The van der Waals surface area contributed by atoms with Crippen molar-refractivity contribution in [2.75, 3.05) is 12.8 Å². The molecule has 128 valence electrons. The molecule has 0 amide bonds. The van der Waals surface area contributed by atoms with Crippen molar-refractivity contribution in [3.8, 4) is 0 Å². The second-order valence-corrected chi connectivity index (χ2v) is 6.47. The summed E-state index contributed by atoms with van der Waals surface area (Å²) in [5.74, 6) is 0. The molecular weight excluding hydrogens is 280 g/mol. The first kappa shape index (κ1) is 21.1. The van der Waals surface area contributed by atoms with E-state index in [1.54, 1.807) is 0 Å². The van der Waals surface area contributed by atoms with Crippen LogP contribution in [0, 0.1) is 0 Å². The van der Waals surface area contributed by atoms with E-state index in [4.69, 9.17) is 9.78 Å². The highest BCUT2D eigenvalue weighted by molar-refractivity contribution is 6.08. The van der Waals surface area contributed by atoms with Crippen LogP contribution in [0.15, 0.2) is 0 Å². The van der Waals surface area contributed by atoms with Gasteiger partial charge in [-0.25, -0.2) is 9.78 Å². The maximum Gasteiger partial charge on any atom is 0.0853 e. The molecule has 0 atom stereocenters. The normalized spacial score (nSPS) is 11.3. The van der Waals surface area contributed by atoms with Gasteiger partial charge in [0.05, 0.1) is 12.8 Å². The summed E-state index contributed by atoms with van der Waals surface area (Å²) >= 11 is 0. The van der Waals surface area contributed by atoms with Crippen LogP contribution < -0.4 is 0 Å². The average molecular weight is 319 g/mol. The van der Waals surface area contributed by atoms with Gasteiger partial charge in [0, 0.05) is 10.2 Å². The van der Waals surface area contributed by atoms with Gasteiger partial charge in [-0.05, 0) is 6.42 Å². The fraction of sp³-hybridized carbons (Fsp3) is 1.00. The van der Waals surface area contributed by atoms with Crippen LogP contribution in [-0.4, -0.2) is 23.1 Å². The van der Waals surface area contributed by atoms with E-state index >= 15 is 0 Å². The first-order valence-electron chi connectivity index (χ1n) is 9.32. The van der Waals surface area contributed by atoms with Gasteiger partial charge in [0.25, 0.3) is 0 Å². The van der Waals surface area contributed by atoms with E-state index < -0.39 is 0 Å². The van der Waals surface area contributed by atoms with E-state index in [2.05, 4.69) is 12.0 Å². The molecule has 0 fully saturated rings. The Hall–Kier alpha value is 0.0969. The van der Waals surface area contributed by atoms with Gasteiger partial charge in [0.2, 0.25) is 0 Å². The number of hydrogen-bond donors (Lipinski definition) is 0. The van der Waals surface area contributed by atoms with Crippen molar-refractivity contribution in [3.05, 3.63) is 0 Å². The van der Waals surface area contributed by atoms with E-state index in [-0.39, 0.29) is 0 Å². The monoisotopic (exact) mass is 318 g/mol. The lowest BCUT2D eigenvalue weighted by Crippen LogP contribution is -1.99. The molecule has 0 heterocycles. The highest BCUT2D eigenvalue weighted by Gasteiger charge is 1.94. The third-order valence-corrected chi connectivity index (χ3v) is 4.03. The molecule has 21 heavy (non-hydrogen) atoms. The summed E-state index contributed by atoms with van der Waals surface area (Å²) < 4.78 is 0. The lowest BCUT2D eigenvalue weighted by molar-refractivity contribution is -0.506. The minimum atomic E-state index is 0.652. The second-order valence-electron chi connectivity index (χ2n) is 5.89. The lowest BCUT2D eigenvalue weighted by atomic mass is 10.0. The lowest BCUT2D eigenvalue weighted by Gasteiger charge is -2.03. The fourth-order valence-corrected chi connectivity index (χ4v) is 2.57. The van der Waals surface area contributed by atoms with Crippen LogP contribution in [0.3, 0.4) is 0 Å². The van der Waals surface area contributed by atoms with Gasteiger partial charge < -0.3 is 0 Å². The molecule has 0 radical (unpaired) electrons. The van der Waals surface area contributed by atoms with Gasteiger partial charge in [-0.1, -0.05) is 95.4 Å². The molecule has 3 nitrogen and oxygen atoms in total. The highest BCUT2D eigenvalue weighted by Crippen LogP contribution is 2.12. The molecule has 0 bridgehead atoms. The fourth-order valence-electron chi connectivity index (χ4n) is 2.47. The Morgan fingerprint density at radius 3 is 1.43 bits per heavy atom. The molecule has 0 aliphatic carbocycles. The van der Waals surface area contributed by atoms with Crippen molar-refractivity contribution in [1.29, 1.82) is 0 Å². The van der Waals surface area contributed by atoms with Gasteiger partial charge >= 0.3 is 0 Å². The van der Waals surface area contributed by atoms with E-state index in [1.165, 1.54) is 83.5 Å². The van der Waals surface area contributed by atoms with Crippen LogP contribution in [0.5, 0.6) is 0 Å². The molecule has 0 rings (SSSR count). The third-order valence-electron chi connectivity index (χ3n) is 3.80. The van der Waals surface area contributed by atoms with Gasteiger partial charge in [-0.2, -0.15) is 0 Å². The van der Waals surface area contributed by atoms with Crippen molar-refractivity contribution < 1.29 is 14.8 Å². The van der Waals surface area contributed by atoms with Crippen molar-refractivity contribution in [2.45, 2.75) is 96.8 Å². The van der Waals surface area contributed by atoms with Gasteiger partial charge in [0.15, 0.2) is 0 Å². The van der Waals surface area contributed by atoms with Crippen LogP contribution in [0.25, 0.3) is 0 Å². The van der Waals surface area contributed by atoms with Gasteiger partial charge in [-0.15, -0.1) is 0 Å². The van der Waals surface area contributed by atoms with E-state index in [0.29, 0.717) is 12.8 Å². The third kappa shape index (κ3) is 20.1. The molecule has 0 aromatic rings. The molecular formula is C17H38O3Si. The Morgan fingerprint density at radius 2 is 1.00 bits per heavy atom. The molecule has 4 heteroatoms. The largest absolute Gasteiger partial charge is 0.211 e. The Balaban J connectivity index is 2.90. The smallest absolute Gasteiger partial charge is 0.0853 e. The Kier molecular flexibility index (Phi) is 20.2. The molecule has 0 aromatic heterocycles. The summed E-state index contributed by atoms with van der Waals surface area (Å²) in [5.41, 5.74) is 0. The zero-order chi connectivity index (χ0) is 15.4. The minimum Gasteiger partial charge on any atom is -0.211 e. The van der Waals surface area contributed by atoms with Crippen LogP contribution in [0.2, 0.25) is 0 Å². The summed E-state index contributed by atoms with van der Waals surface area (Å²) in [4.78, 5) is 9.57. The maximum absolute atomic E-state index is 4.88. The quantitative estimate of drug-likeness (QED) is 0.159. The van der Waals surface area contributed by atoms with Crippen molar-refractivity contribution in [3.63, 3.8) is 0 Å². The summed E-state index contributed by atoms with van der Waals surface area (Å²) in [6.45, 7) is 2.93. The van der Waals surface area contributed by atoms with Crippen molar-refractivity contribution in [2.24, 2.45) is 0 Å². The zero-order valence-electron chi connectivity index (χ0n) is 14.5. The first-order valence-corrected chi connectivity index (χ1v) is 10.7. The van der Waals surface area contributed by atoms with E-state index in [9.17, 15) is 0 Å². The highest BCUT2D eigenvalue weighted by atomic mass is 28.1. The summed E-state index contributed by atoms with van der Waals surface area (Å²) in [6.07, 6.45) is 19.9. The summed E-state index contributed by atoms with van der Waals surface area (Å²) in [6, 6.07) is 0. The van der Waals surface area contributed by atoms with E-state index in [0.717, 1.165) is 16.7 Å². The first-order chi connectivity index (χ1) is 10.4. The van der Waals surface area contributed by atoms with E-state index in [1.807, 2.05) is 0 Å². The SMILES string of the molecule is CCCCCCCCCCCCCCCCOOOC[SiH3]. The average Bonchev–Trinajstić information content (AvgIpc) is 2.50. The van der Waals surface area contributed by atoms with Crippen LogP contribution >= 0.6 is 0 Å². The number of hydrogen-bond acceptors (Lipinski definition) is 3. The molecule has 0 aliphatic rings. The van der Waals surface area contributed by atoms with Gasteiger partial charge in [-0.3, -0.25) is 0 Å². The Labute approximate surface area is 135 Å². The molecule has 0 saturated carbocycles. The topological polar surface area (TPSA) is 27.7 Å². The van der Waals surface area contributed by atoms with Crippen LogP contribution in [0.1, 0.15) is 96.8 Å². The second kappa shape index (κ2) is 20.1. The van der Waals surface area contributed by atoms with Crippen LogP contribution in [0.4, 0.5) is 0 Å². The zero-order valence-corrected chi connectivity index (χ0v) is 16.5. The molecule has 0 saturated heterocycles. The number of unbranched alkanes of at least 4 members (excludes halogenated alkanes) is 13. The molecule has 0 spiro atoms. The van der Waals surface area contributed by atoms with Gasteiger partial charge in [0.1, 0.15) is 0 Å². The van der Waals surface area contributed by atoms with Crippen molar-refractivity contribution in [1.82, 2.24) is 0 Å². The predicted molar refractivity (Wildman–Crippen MR) is 93.2 cm³/mol. The molecule has 0 aliphatic heterocycles. The van der Waals surface area contributed by atoms with Crippen molar-refractivity contribution >= 4 is 10.2 Å². The maximum atomic E-state index is 4.88. The van der Waals surface area contributed by atoms with Crippen LogP contribution in [-0.2, 0) is 14.8 Å². The summed E-state index contributed by atoms with van der Waals surface area (Å²) in [5, 5.41) is 4.53. The molecule has 0 unspecified atom stereocenters. The Morgan fingerprint density at radius 1 is 0.571 bits per heavy atom. The minimum absolute atomic E-state index is 0.652. The Bertz CT molecular complexity index is 161. The molecule has 0 N–H and O–H groups in total. The number of rotatable bonds is 18. The summed E-state index contributed by atoms with van der Waals surface area (Å²) in [7, 11) is 0.983.